The third-order valence-corrected chi connectivity index (χ3v) is 2.49. The van der Waals surface area contributed by atoms with Crippen molar-refractivity contribution in [3.05, 3.63) is 29.8 Å². The Hall–Kier alpha value is -1.55. The second kappa shape index (κ2) is 4.99. The largest absolute Gasteiger partial charge is 0.497 e. The van der Waals surface area contributed by atoms with E-state index in [9.17, 15) is 4.79 Å². The Kier molecular flexibility index (Phi) is 3.90. The Labute approximate surface area is 95.3 Å². The summed E-state index contributed by atoms with van der Waals surface area (Å²) >= 11 is 0. The fourth-order valence-corrected chi connectivity index (χ4v) is 1.45. The van der Waals surface area contributed by atoms with Crippen molar-refractivity contribution < 1.29 is 14.3 Å². The number of methoxy groups -OCH3 is 2. The number of benzene rings is 1. The number of esters is 1. The van der Waals surface area contributed by atoms with Gasteiger partial charge in [-0.3, -0.25) is 4.79 Å². The van der Waals surface area contributed by atoms with Gasteiger partial charge < -0.3 is 15.2 Å². The first-order valence-electron chi connectivity index (χ1n) is 5.00. The molecule has 1 atom stereocenters. The number of carbonyl (C=O) groups excluding carboxylic acids is 1. The lowest BCUT2D eigenvalue weighted by Gasteiger charge is -2.23. The van der Waals surface area contributed by atoms with Crippen molar-refractivity contribution in [1.82, 2.24) is 0 Å². The summed E-state index contributed by atoms with van der Waals surface area (Å²) in [6.07, 6.45) is 0.149. The smallest absolute Gasteiger partial charge is 0.307 e. The molecule has 2 N–H and O–H groups in total. The lowest BCUT2D eigenvalue weighted by atomic mass is 9.90. The van der Waals surface area contributed by atoms with Crippen LogP contribution in [0.25, 0.3) is 0 Å². The zero-order valence-corrected chi connectivity index (χ0v) is 9.82. The summed E-state index contributed by atoms with van der Waals surface area (Å²) in [4.78, 5) is 11.2. The highest BCUT2D eigenvalue weighted by Gasteiger charge is 2.25. The van der Waals surface area contributed by atoms with Gasteiger partial charge in [0.15, 0.2) is 0 Å². The van der Waals surface area contributed by atoms with E-state index in [1.165, 1.54) is 7.11 Å². The summed E-state index contributed by atoms with van der Waals surface area (Å²) in [5.41, 5.74) is 6.22. The zero-order valence-electron chi connectivity index (χ0n) is 9.82. The number of rotatable bonds is 4. The van der Waals surface area contributed by atoms with Gasteiger partial charge in [-0.25, -0.2) is 0 Å². The lowest BCUT2D eigenvalue weighted by molar-refractivity contribution is -0.141. The Morgan fingerprint density at radius 2 is 1.88 bits per heavy atom. The van der Waals surface area contributed by atoms with Gasteiger partial charge in [-0.2, -0.15) is 0 Å². The van der Waals surface area contributed by atoms with Gasteiger partial charge in [0.2, 0.25) is 0 Å². The van der Waals surface area contributed by atoms with Crippen LogP contribution in [-0.2, 0) is 15.1 Å². The van der Waals surface area contributed by atoms with E-state index in [0.717, 1.165) is 11.3 Å². The molecule has 1 rings (SSSR count). The van der Waals surface area contributed by atoms with Gasteiger partial charge in [0.05, 0.1) is 20.6 Å². The first-order valence-corrected chi connectivity index (χ1v) is 5.00. The van der Waals surface area contributed by atoms with Crippen molar-refractivity contribution in [1.29, 1.82) is 0 Å². The molecule has 4 heteroatoms. The monoisotopic (exact) mass is 223 g/mol. The van der Waals surface area contributed by atoms with Crippen molar-refractivity contribution in [2.24, 2.45) is 5.73 Å². The van der Waals surface area contributed by atoms with Crippen LogP contribution >= 0.6 is 0 Å². The van der Waals surface area contributed by atoms with Crippen LogP contribution in [0.15, 0.2) is 24.3 Å². The predicted molar refractivity (Wildman–Crippen MR) is 61.2 cm³/mol. The van der Waals surface area contributed by atoms with E-state index < -0.39 is 5.54 Å². The summed E-state index contributed by atoms with van der Waals surface area (Å²) in [6, 6.07) is 7.33. The molecule has 0 saturated heterocycles. The molecule has 0 aliphatic heterocycles. The highest BCUT2D eigenvalue weighted by Crippen LogP contribution is 2.24. The average molecular weight is 223 g/mol. The molecule has 88 valence electrons. The lowest BCUT2D eigenvalue weighted by Crippen LogP contribution is -2.35. The van der Waals surface area contributed by atoms with Crippen LogP contribution in [0.5, 0.6) is 5.75 Å². The molecule has 0 heterocycles. The van der Waals surface area contributed by atoms with Gasteiger partial charge in [-0.1, -0.05) is 12.1 Å². The summed E-state index contributed by atoms with van der Waals surface area (Å²) in [6.45, 7) is 1.80. The standard InChI is InChI=1S/C12H17NO3/c1-12(13,8-11(14)16-3)9-4-6-10(15-2)7-5-9/h4-7H,8,13H2,1-3H3. The molecular weight excluding hydrogens is 206 g/mol. The van der Waals surface area contributed by atoms with Gasteiger partial charge in [0, 0.05) is 5.54 Å². The van der Waals surface area contributed by atoms with E-state index >= 15 is 0 Å². The number of ether oxygens (including phenoxy) is 2. The molecule has 16 heavy (non-hydrogen) atoms. The van der Waals surface area contributed by atoms with Crippen LogP contribution in [0, 0.1) is 0 Å². The molecule has 0 aliphatic rings. The molecule has 1 aromatic rings. The summed E-state index contributed by atoms with van der Waals surface area (Å²) in [7, 11) is 2.96. The van der Waals surface area contributed by atoms with Gasteiger partial charge in [-0.15, -0.1) is 0 Å². The molecule has 0 saturated carbocycles. The first kappa shape index (κ1) is 12.5. The Balaban J connectivity index is 2.84. The van der Waals surface area contributed by atoms with Crippen LogP contribution in [0.2, 0.25) is 0 Å². The van der Waals surface area contributed by atoms with E-state index in [1.807, 2.05) is 24.3 Å². The van der Waals surface area contributed by atoms with Crippen molar-refractivity contribution in [2.75, 3.05) is 14.2 Å². The Morgan fingerprint density at radius 1 is 1.31 bits per heavy atom. The van der Waals surface area contributed by atoms with E-state index in [1.54, 1.807) is 14.0 Å². The molecule has 0 radical (unpaired) electrons. The normalized spacial score (nSPS) is 14.0. The van der Waals surface area contributed by atoms with E-state index in [0.29, 0.717) is 0 Å². The fraction of sp³-hybridized carbons (Fsp3) is 0.417. The molecule has 0 amide bonds. The number of nitrogens with two attached hydrogens (primary N) is 1. The minimum Gasteiger partial charge on any atom is -0.497 e. The van der Waals surface area contributed by atoms with Crippen LogP contribution in [0.1, 0.15) is 18.9 Å². The SMILES string of the molecule is COC(=O)CC(C)(N)c1ccc(OC)cc1. The summed E-state index contributed by atoms with van der Waals surface area (Å²) < 4.78 is 9.66. The third kappa shape index (κ3) is 2.97. The van der Waals surface area contributed by atoms with E-state index in [2.05, 4.69) is 4.74 Å². The van der Waals surface area contributed by atoms with Crippen LogP contribution < -0.4 is 10.5 Å². The van der Waals surface area contributed by atoms with Crippen molar-refractivity contribution in [3.63, 3.8) is 0 Å². The maximum absolute atomic E-state index is 11.2. The fourth-order valence-electron chi connectivity index (χ4n) is 1.45. The highest BCUT2D eigenvalue weighted by atomic mass is 16.5. The number of hydrogen-bond acceptors (Lipinski definition) is 4. The molecule has 4 nitrogen and oxygen atoms in total. The quantitative estimate of drug-likeness (QED) is 0.784. The molecule has 0 fully saturated rings. The van der Waals surface area contributed by atoms with E-state index in [-0.39, 0.29) is 12.4 Å². The Bertz CT molecular complexity index is 357. The minimum absolute atomic E-state index is 0.149. The van der Waals surface area contributed by atoms with Crippen LogP contribution in [0.4, 0.5) is 0 Å². The second-order valence-corrected chi connectivity index (χ2v) is 3.90. The van der Waals surface area contributed by atoms with Crippen molar-refractivity contribution in [2.45, 2.75) is 18.9 Å². The van der Waals surface area contributed by atoms with Crippen molar-refractivity contribution in [3.8, 4) is 5.75 Å². The molecule has 0 aliphatic carbocycles. The maximum Gasteiger partial charge on any atom is 0.307 e. The maximum atomic E-state index is 11.2. The van der Waals surface area contributed by atoms with Gasteiger partial charge >= 0.3 is 5.97 Å². The Morgan fingerprint density at radius 3 is 2.31 bits per heavy atom. The van der Waals surface area contributed by atoms with E-state index in [4.69, 9.17) is 10.5 Å². The van der Waals surface area contributed by atoms with Crippen LogP contribution in [-0.4, -0.2) is 20.2 Å². The zero-order chi connectivity index (χ0) is 12.2. The molecular formula is C12H17NO3. The summed E-state index contributed by atoms with van der Waals surface area (Å²) in [5.74, 6) is 0.443. The van der Waals surface area contributed by atoms with Gasteiger partial charge in [-0.05, 0) is 24.6 Å². The number of hydrogen-bond donors (Lipinski definition) is 1. The molecule has 0 aromatic heterocycles. The molecule has 1 unspecified atom stereocenters. The molecule has 0 bridgehead atoms. The molecule has 0 spiro atoms. The second-order valence-electron chi connectivity index (χ2n) is 3.90. The third-order valence-electron chi connectivity index (χ3n) is 2.49. The average Bonchev–Trinajstić information content (AvgIpc) is 2.28. The predicted octanol–water partition coefficient (Wildman–Crippen LogP) is 1.43. The van der Waals surface area contributed by atoms with Gasteiger partial charge in [0.1, 0.15) is 5.75 Å². The number of carbonyl (C=O) groups is 1. The summed E-state index contributed by atoms with van der Waals surface area (Å²) in [5, 5.41) is 0. The van der Waals surface area contributed by atoms with Gasteiger partial charge in [0.25, 0.3) is 0 Å². The highest BCUT2D eigenvalue weighted by molar-refractivity contribution is 5.71. The van der Waals surface area contributed by atoms with Crippen molar-refractivity contribution >= 4 is 5.97 Å². The first-order chi connectivity index (χ1) is 7.49. The minimum atomic E-state index is -0.723. The van der Waals surface area contributed by atoms with Crippen LogP contribution in [0.3, 0.4) is 0 Å². The topological polar surface area (TPSA) is 61.5 Å². The molecule has 1 aromatic carbocycles.